The van der Waals surface area contributed by atoms with Crippen molar-refractivity contribution in [2.75, 3.05) is 13.2 Å². The average molecular weight is 274 g/mol. The number of ether oxygens (including phenoxy) is 1. The van der Waals surface area contributed by atoms with E-state index in [1.165, 1.54) is 11.1 Å². The molecule has 2 aromatic carbocycles. The van der Waals surface area contributed by atoms with Crippen molar-refractivity contribution in [3.05, 3.63) is 59.7 Å². The summed E-state index contributed by atoms with van der Waals surface area (Å²) in [6.07, 6.45) is 0.0248. The number of fused-ring (bicyclic) bond motifs is 2. The van der Waals surface area contributed by atoms with Crippen LogP contribution in [0.3, 0.4) is 0 Å². The van der Waals surface area contributed by atoms with E-state index >= 15 is 0 Å². The monoisotopic (exact) mass is 274 g/mol. The Labute approximate surface area is 117 Å². The molecule has 0 atom stereocenters. The molecule has 0 aliphatic carbocycles. The standard InChI is InChI=1S/C13H10O.C3H8O3/c1-3-7-12-10(5-1)9-11-6-2-4-8-13(11)14-12;4-1-3(6)2-5/h1-8H,9H2;3-6H,1-2H2. The summed E-state index contributed by atoms with van der Waals surface area (Å²) in [5.74, 6) is 1.98. The topological polar surface area (TPSA) is 69.9 Å². The molecule has 4 nitrogen and oxygen atoms in total. The summed E-state index contributed by atoms with van der Waals surface area (Å²) >= 11 is 0. The van der Waals surface area contributed by atoms with Crippen LogP contribution < -0.4 is 4.74 Å². The van der Waals surface area contributed by atoms with E-state index in [0.29, 0.717) is 0 Å². The Kier molecular flexibility index (Phi) is 5.12. The number of aliphatic hydroxyl groups is 3. The molecule has 0 fully saturated rings. The lowest BCUT2D eigenvalue weighted by atomic mass is 10.0. The van der Waals surface area contributed by atoms with Crippen molar-refractivity contribution < 1.29 is 20.1 Å². The maximum absolute atomic E-state index is 8.17. The minimum atomic E-state index is -0.954. The number of para-hydroxylation sites is 2. The van der Waals surface area contributed by atoms with Gasteiger partial charge in [0.05, 0.1) is 13.2 Å². The SMILES string of the molecule is OCC(O)CO.c1ccc2c(c1)Cc1ccccc1O2. The molecule has 3 N–H and O–H groups in total. The van der Waals surface area contributed by atoms with Gasteiger partial charge < -0.3 is 20.1 Å². The lowest BCUT2D eigenvalue weighted by Crippen LogP contribution is -2.15. The summed E-state index contributed by atoms with van der Waals surface area (Å²) in [6, 6.07) is 16.4. The first-order valence-corrected chi connectivity index (χ1v) is 6.48. The van der Waals surface area contributed by atoms with Crippen molar-refractivity contribution in [2.24, 2.45) is 0 Å². The minimum absolute atomic E-state index is 0.365. The second-order valence-corrected chi connectivity index (χ2v) is 4.51. The van der Waals surface area contributed by atoms with Crippen LogP contribution in [0.15, 0.2) is 48.5 Å². The van der Waals surface area contributed by atoms with E-state index in [1.807, 2.05) is 24.3 Å². The summed E-state index contributed by atoms with van der Waals surface area (Å²) in [5, 5.41) is 24.0. The molecule has 0 radical (unpaired) electrons. The van der Waals surface area contributed by atoms with Crippen LogP contribution in [0, 0.1) is 0 Å². The van der Waals surface area contributed by atoms with Gasteiger partial charge in [0, 0.05) is 6.42 Å². The van der Waals surface area contributed by atoms with Crippen LogP contribution in [0.5, 0.6) is 11.5 Å². The lowest BCUT2D eigenvalue weighted by molar-refractivity contribution is 0.0450. The van der Waals surface area contributed by atoms with Crippen LogP contribution in [0.25, 0.3) is 0 Å². The van der Waals surface area contributed by atoms with Crippen LogP contribution in [-0.2, 0) is 6.42 Å². The van der Waals surface area contributed by atoms with Crippen molar-refractivity contribution in [1.29, 1.82) is 0 Å². The largest absolute Gasteiger partial charge is 0.457 e. The summed E-state index contributed by atoms with van der Waals surface area (Å²) in [7, 11) is 0. The van der Waals surface area contributed by atoms with Crippen molar-refractivity contribution in [2.45, 2.75) is 12.5 Å². The highest BCUT2D eigenvalue weighted by atomic mass is 16.5. The van der Waals surface area contributed by atoms with Crippen molar-refractivity contribution in [3.63, 3.8) is 0 Å². The minimum Gasteiger partial charge on any atom is -0.457 e. The van der Waals surface area contributed by atoms with Crippen molar-refractivity contribution in [3.8, 4) is 11.5 Å². The Balaban J connectivity index is 0.000000212. The molecule has 0 amide bonds. The third kappa shape index (κ3) is 3.57. The molecule has 106 valence electrons. The van der Waals surface area contributed by atoms with Gasteiger partial charge in [-0.1, -0.05) is 36.4 Å². The van der Waals surface area contributed by atoms with E-state index in [-0.39, 0.29) is 13.2 Å². The highest BCUT2D eigenvalue weighted by Crippen LogP contribution is 2.35. The molecule has 0 saturated carbocycles. The van der Waals surface area contributed by atoms with Crippen molar-refractivity contribution in [1.82, 2.24) is 0 Å². The Hall–Kier alpha value is -1.88. The maximum Gasteiger partial charge on any atom is 0.130 e. The second kappa shape index (κ2) is 7.05. The third-order valence-electron chi connectivity index (χ3n) is 2.97. The van der Waals surface area contributed by atoms with Crippen LogP contribution in [-0.4, -0.2) is 34.6 Å². The van der Waals surface area contributed by atoms with E-state index < -0.39 is 6.10 Å². The summed E-state index contributed by atoms with van der Waals surface area (Å²) < 4.78 is 5.78. The lowest BCUT2D eigenvalue weighted by Gasteiger charge is -2.19. The van der Waals surface area contributed by atoms with Crippen LogP contribution in [0.1, 0.15) is 11.1 Å². The number of rotatable bonds is 2. The molecule has 0 aromatic heterocycles. The molecule has 2 aromatic rings. The van der Waals surface area contributed by atoms with Gasteiger partial charge in [0.2, 0.25) is 0 Å². The molecule has 1 aliphatic heterocycles. The van der Waals surface area contributed by atoms with Crippen molar-refractivity contribution >= 4 is 0 Å². The van der Waals surface area contributed by atoms with E-state index in [0.717, 1.165) is 17.9 Å². The van der Waals surface area contributed by atoms with E-state index in [2.05, 4.69) is 24.3 Å². The van der Waals surface area contributed by atoms with Gasteiger partial charge in [-0.15, -0.1) is 0 Å². The molecule has 4 heteroatoms. The second-order valence-electron chi connectivity index (χ2n) is 4.51. The van der Waals surface area contributed by atoms with Crippen LogP contribution >= 0.6 is 0 Å². The summed E-state index contributed by atoms with van der Waals surface area (Å²) in [5.41, 5.74) is 2.54. The van der Waals surface area contributed by atoms with Gasteiger partial charge in [-0.05, 0) is 23.3 Å². The first-order chi connectivity index (χ1) is 9.74. The highest BCUT2D eigenvalue weighted by Gasteiger charge is 2.14. The third-order valence-corrected chi connectivity index (χ3v) is 2.97. The quantitative estimate of drug-likeness (QED) is 0.665. The highest BCUT2D eigenvalue weighted by molar-refractivity contribution is 5.49. The number of hydrogen-bond acceptors (Lipinski definition) is 4. The fourth-order valence-electron chi connectivity index (χ4n) is 1.88. The maximum atomic E-state index is 8.17. The van der Waals surface area contributed by atoms with E-state index in [1.54, 1.807) is 0 Å². The fourth-order valence-corrected chi connectivity index (χ4v) is 1.88. The van der Waals surface area contributed by atoms with E-state index in [4.69, 9.17) is 20.1 Å². The number of benzene rings is 2. The van der Waals surface area contributed by atoms with Crippen LogP contribution in [0.2, 0.25) is 0 Å². The van der Waals surface area contributed by atoms with Gasteiger partial charge in [0.1, 0.15) is 17.6 Å². The average Bonchev–Trinajstić information content (AvgIpc) is 2.52. The molecule has 1 heterocycles. The molecule has 0 unspecified atom stereocenters. The molecule has 0 spiro atoms. The number of hydrogen-bond donors (Lipinski definition) is 3. The molecule has 0 saturated heterocycles. The Bertz CT molecular complexity index is 462. The molecular formula is C16H18O4. The molecule has 0 bridgehead atoms. The smallest absolute Gasteiger partial charge is 0.130 e. The Morgan fingerprint density at radius 1 is 0.850 bits per heavy atom. The summed E-state index contributed by atoms with van der Waals surface area (Å²) in [4.78, 5) is 0. The zero-order valence-electron chi connectivity index (χ0n) is 11.1. The zero-order valence-corrected chi connectivity index (χ0v) is 11.1. The predicted molar refractivity (Wildman–Crippen MR) is 75.9 cm³/mol. The van der Waals surface area contributed by atoms with Gasteiger partial charge in [0.15, 0.2) is 0 Å². The van der Waals surface area contributed by atoms with Gasteiger partial charge in [0.25, 0.3) is 0 Å². The zero-order chi connectivity index (χ0) is 14.4. The molecule has 1 aliphatic rings. The fraction of sp³-hybridized carbons (Fsp3) is 0.250. The first-order valence-electron chi connectivity index (χ1n) is 6.48. The Morgan fingerprint density at radius 3 is 1.70 bits per heavy atom. The predicted octanol–water partition coefficient (Wildman–Crippen LogP) is 1.71. The Morgan fingerprint density at radius 2 is 1.30 bits per heavy atom. The van der Waals surface area contributed by atoms with Crippen LogP contribution in [0.4, 0.5) is 0 Å². The van der Waals surface area contributed by atoms with Gasteiger partial charge in [-0.2, -0.15) is 0 Å². The number of aliphatic hydroxyl groups excluding tert-OH is 3. The molecule has 20 heavy (non-hydrogen) atoms. The van der Waals surface area contributed by atoms with E-state index in [9.17, 15) is 0 Å². The van der Waals surface area contributed by atoms with Gasteiger partial charge >= 0.3 is 0 Å². The summed E-state index contributed by atoms with van der Waals surface area (Å²) in [6.45, 7) is -0.729. The van der Waals surface area contributed by atoms with Gasteiger partial charge in [-0.25, -0.2) is 0 Å². The molecular weight excluding hydrogens is 256 g/mol. The van der Waals surface area contributed by atoms with Gasteiger partial charge in [-0.3, -0.25) is 0 Å². The molecule has 3 rings (SSSR count). The first kappa shape index (κ1) is 14.5. The normalized spacial score (nSPS) is 11.8.